The Hall–Kier alpha value is -1.20. The summed E-state index contributed by atoms with van der Waals surface area (Å²) < 4.78 is 13.8. The van der Waals surface area contributed by atoms with Crippen LogP contribution in [0.5, 0.6) is 0 Å². The van der Waals surface area contributed by atoms with Crippen LogP contribution in [0.3, 0.4) is 0 Å². The molecule has 1 aliphatic rings. The molecule has 1 aromatic carbocycles. The summed E-state index contributed by atoms with van der Waals surface area (Å²) in [5, 5.41) is 4.10. The van der Waals surface area contributed by atoms with Crippen molar-refractivity contribution in [3.05, 3.63) is 56.4 Å². The quantitative estimate of drug-likeness (QED) is 0.770. The number of likely N-dealkylation sites (tertiary alicyclic amines) is 1. The van der Waals surface area contributed by atoms with E-state index < -0.39 is 5.82 Å². The standard InChI is InChI=1S/C15H13BrFNOS/c16-14-11(3-1-4-12(14)17)15(19)18-7-2-5-13(18)10-6-8-20-9-10/h1,3-4,6,8-9,13H,2,5,7H2. The van der Waals surface area contributed by atoms with Crippen LogP contribution in [0, 0.1) is 5.82 Å². The number of halogens is 2. The van der Waals surface area contributed by atoms with Crippen LogP contribution in [0.4, 0.5) is 4.39 Å². The number of carbonyl (C=O) groups is 1. The monoisotopic (exact) mass is 353 g/mol. The molecule has 3 rings (SSSR count). The number of carbonyl (C=O) groups excluding carboxylic acids is 1. The van der Waals surface area contributed by atoms with Gasteiger partial charge in [-0.15, -0.1) is 0 Å². The molecule has 104 valence electrons. The number of hydrogen-bond acceptors (Lipinski definition) is 2. The molecule has 1 saturated heterocycles. The molecular weight excluding hydrogens is 341 g/mol. The highest BCUT2D eigenvalue weighted by molar-refractivity contribution is 9.10. The third-order valence-electron chi connectivity index (χ3n) is 3.62. The molecule has 1 fully saturated rings. The van der Waals surface area contributed by atoms with Gasteiger partial charge in [0.25, 0.3) is 5.91 Å². The fraction of sp³-hybridized carbons (Fsp3) is 0.267. The first-order chi connectivity index (χ1) is 9.68. The van der Waals surface area contributed by atoms with Crippen LogP contribution in [0.15, 0.2) is 39.5 Å². The molecular formula is C15H13BrFNOS. The van der Waals surface area contributed by atoms with Crippen LogP contribution >= 0.6 is 27.3 Å². The minimum Gasteiger partial charge on any atom is -0.332 e. The van der Waals surface area contributed by atoms with Crippen molar-refractivity contribution in [2.45, 2.75) is 18.9 Å². The van der Waals surface area contributed by atoms with Gasteiger partial charge in [-0.3, -0.25) is 4.79 Å². The first kappa shape index (κ1) is 13.8. The van der Waals surface area contributed by atoms with Crippen molar-refractivity contribution in [3.8, 4) is 0 Å². The Morgan fingerprint density at radius 3 is 3.00 bits per heavy atom. The summed E-state index contributed by atoms with van der Waals surface area (Å²) in [6.45, 7) is 0.725. The van der Waals surface area contributed by atoms with E-state index in [9.17, 15) is 9.18 Å². The second kappa shape index (κ2) is 5.66. The van der Waals surface area contributed by atoms with Gasteiger partial charge in [0.1, 0.15) is 5.82 Å². The molecule has 0 aliphatic carbocycles. The van der Waals surface area contributed by atoms with Crippen molar-refractivity contribution in [1.29, 1.82) is 0 Å². The Bertz CT molecular complexity index is 629. The minimum absolute atomic E-state index is 0.106. The Labute approximate surface area is 129 Å². The maximum atomic E-state index is 13.6. The molecule has 2 heterocycles. The number of thiophene rings is 1. The third kappa shape index (κ3) is 2.40. The maximum absolute atomic E-state index is 13.6. The van der Waals surface area contributed by atoms with E-state index in [4.69, 9.17) is 0 Å². The lowest BCUT2D eigenvalue weighted by Crippen LogP contribution is -2.30. The van der Waals surface area contributed by atoms with E-state index in [1.807, 2.05) is 10.3 Å². The maximum Gasteiger partial charge on any atom is 0.255 e. The number of rotatable bonds is 2. The zero-order valence-corrected chi connectivity index (χ0v) is 13.1. The predicted molar refractivity (Wildman–Crippen MR) is 81.4 cm³/mol. The molecule has 1 amide bonds. The van der Waals surface area contributed by atoms with Crippen LogP contribution in [0.2, 0.25) is 0 Å². The lowest BCUT2D eigenvalue weighted by atomic mass is 10.1. The highest BCUT2D eigenvalue weighted by atomic mass is 79.9. The normalized spacial score (nSPS) is 18.5. The molecule has 0 saturated carbocycles. The molecule has 0 N–H and O–H groups in total. The Morgan fingerprint density at radius 1 is 1.40 bits per heavy atom. The van der Waals surface area contributed by atoms with E-state index in [-0.39, 0.29) is 16.4 Å². The third-order valence-corrected chi connectivity index (χ3v) is 5.13. The Balaban J connectivity index is 1.92. The van der Waals surface area contributed by atoms with Crippen LogP contribution in [-0.2, 0) is 0 Å². The van der Waals surface area contributed by atoms with E-state index in [2.05, 4.69) is 27.4 Å². The molecule has 2 aromatic rings. The Kier molecular flexibility index (Phi) is 3.89. The summed E-state index contributed by atoms with van der Waals surface area (Å²) in [4.78, 5) is 14.5. The van der Waals surface area contributed by atoms with Crippen molar-refractivity contribution in [2.75, 3.05) is 6.54 Å². The van der Waals surface area contributed by atoms with Crippen molar-refractivity contribution < 1.29 is 9.18 Å². The van der Waals surface area contributed by atoms with Crippen molar-refractivity contribution >= 4 is 33.2 Å². The first-order valence-electron chi connectivity index (χ1n) is 6.45. The van der Waals surface area contributed by atoms with Crippen LogP contribution in [0.25, 0.3) is 0 Å². The summed E-state index contributed by atoms with van der Waals surface area (Å²) in [7, 11) is 0. The van der Waals surface area contributed by atoms with Gasteiger partial charge >= 0.3 is 0 Å². The van der Waals surface area contributed by atoms with E-state index >= 15 is 0 Å². The van der Waals surface area contributed by atoms with Gasteiger partial charge in [0.2, 0.25) is 0 Å². The van der Waals surface area contributed by atoms with Crippen molar-refractivity contribution in [1.82, 2.24) is 4.90 Å². The lowest BCUT2D eigenvalue weighted by Gasteiger charge is -2.24. The largest absolute Gasteiger partial charge is 0.332 e. The zero-order valence-electron chi connectivity index (χ0n) is 10.7. The molecule has 5 heteroatoms. The van der Waals surface area contributed by atoms with Crippen LogP contribution in [0.1, 0.15) is 34.8 Å². The van der Waals surface area contributed by atoms with Crippen LogP contribution in [-0.4, -0.2) is 17.4 Å². The Morgan fingerprint density at radius 2 is 2.25 bits per heavy atom. The molecule has 20 heavy (non-hydrogen) atoms. The van der Waals surface area contributed by atoms with Crippen molar-refractivity contribution in [2.24, 2.45) is 0 Å². The molecule has 0 spiro atoms. The number of hydrogen-bond donors (Lipinski definition) is 0. The molecule has 0 bridgehead atoms. The summed E-state index contributed by atoms with van der Waals surface area (Å²) >= 11 is 4.81. The van der Waals surface area contributed by atoms with Gasteiger partial charge in [0.15, 0.2) is 0 Å². The van der Waals surface area contributed by atoms with Gasteiger partial charge in [0.05, 0.1) is 16.1 Å². The van der Waals surface area contributed by atoms with Gasteiger partial charge < -0.3 is 4.90 Å². The molecule has 1 atom stereocenters. The van der Waals surface area contributed by atoms with Crippen molar-refractivity contribution in [3.63, 3.8) is 0 Å². The first-order valence-corrected chi connectivity index (χ1v) is 8.19. The number of amides is 1. The van der Waals surface area contributed by atoms with Gasteiger partial charge in [-0.05, 0) is 63.3 Å². The van der Waals surface area contributed by atoms with Crippen LogP contribution < -0.4 is 0 Å². The molecule has 0 radical (unpaired) electrons. The topological polar surface area (TPSA) is 20.3 Å². The van der Waals surface area contributed by atoms with E-state index in [0.29, 0.717) is 5.56 Å². The van der Waals surface area contributed by atoms with Gasteiger partial charge in [-0.2, -0.15) is 11.3 Å². The SMILES string of the molecule is O=C(c1cccc(F)c1Br)N1CCCC1c1ccsc1. The summed E-state index contributed by atoms with van der Waals surface area (Å²) in [5.74, 6) is -0.507. The molecule has 1 aliphatic heterocycles. The highest BCUT2D eigenvalue weighted by Gasteiger charge is 2.31. The summed E-state index contributed by atoms with van der Waals surface area (Å²) in [6, 6.07) is 6.76. The average Bonchev–Trinajstić information content (AvgIpc) is 3.10. The fourth-order valence-corrected chi connectivity index (χ4v) is 3.79. The van der Waals surface area contributed by atoms with E-state index in [1.165, 1.54) is 11.6 Å². The van der Waals surface area contributed by atoms with Gasteiger partial charge in [0, 0.05) is 6.54 Å². The van der Waals surface area contributed by atoms with E-state index in [0.717, 1.165) is 19.4 Å². The lowest BCUT2D eigenvalue weighted by molar-refractivity contribution is 0.0734. The highest BCUT2D eigenvalue weighted by Crippen LogP contribution is 2.35. The van der Waals surface area contributed by atoms with Gasteiger partial charge in [-0.25, -0.2) is 4.39 Å². The summed E-state index contributed by atoms with van der Waals surface area (Å²) in [6.07, 6.45) is 1.95. The molecule has 1 aromatic heterocycles. The van der Waals surface area contributed by atoms with E-state index in [1.54, 1.807) is 23.5 Å². The number of benzene rings is 1. The minimum atomic E-state index is -0.401. The second-order valence-electron chi connectivity index (χ2n) is 4.81. The fourth-order valence-electron chi connectivity index (χ4n) is 2.64. The molecule has 1 unspecified atom stereocenters. The number of nitrogens with zero attached hydrogens (tertiary/aromatic N) is 1. The average molecular weight is 354 g/mol. The predicted octanol–water partition coefficient (Wildman–Crippen LogP) is 4.63. The molecule has 2 nitrogen and oxygen atoms in total. The van der Waals surface area contributed by atoms with Gasteiger partial charge in [-0.1, -0.05) is 6.07 Å². The smallest absolute Gasteiger partial charge is 0.255 e. The summed E-state index contributed by atoms with van der Waals surface area (Å²) in [5.41, 5.74) is 1.57. The zero-order chi connectivity index (χ0) is 14.1. The second-order valence-corrected chi connectivity index (χ2v) is 6.39.